The van der Waals surface area contributed by atoms with Crippen LogP contribution in [0.15, 0.2) is 12.5 Å². The third kappa shape index (κ3) is 2.78. The predicted molar refractivity (Wildman–Crippen MR) is 66.8 cm³/mol. The van der Waals surface area contributed by atoms with Crippen LogP contribution in [0, 0.1) is 9.49 Å². The molecule has 2 heterocycles. The van der Waals surface area contributed by atoms with Gasteiger partial charge in [0.05, 0.1) is 9.67 Å². The van der Waals surface area contributed by atoms with E-state index in [1.54, 1.807) is 6.33 Å². The van der Waals surface area contributed by atoms with Crippen molar-refractivity contribution in [1.82, 2.24) is 9.97 Å². The molecule has 1 aliphatic heterocycles. The van der Waals surface area contributed by atoms with Gasteiger partial charge in [-0.3, -0.25) is 0 Å². The summed E-state index contributed by atoms with van der Waals surface area (Å²) in [5.74, 6) is 1.51. The van der Waals surface area contributed by atoms with E-state index in [2.05, 4.69) is 44.8 Å². The van der Waals surface area contributed by atoms with Crippen LogP contribution in [0.1, 0.15) is 13.3 Å². The van der Waals surface area contributed by atoms with Crippen molar-refractivity contribution in [3.63, 3.8) is 0 Å². The Kier molecular flexibility index (Phi) is 3.74. The first-order valence-electron chi connectivity index (χ1n) is 5.08. The monoisotopic (exact) mass is 319 g/mol. The van der Waals surface area contributed by atoms with Crippen LogP contribution in [-0.2, 0) is 4.74 Å². The molecule has 0 radical (unpaired) electrons. The quantitative estimate of drug-likeness (QED) is 0.865. The minimum absolute atomic E-state index is 0.358. The lowest BCUT2D eigenvalue weighted by Gasteiger charge is -2.15. The molecule has 1 saturated heterocycles. The second-order valence-corrected chi connectivity index (χ2v) is 4.89. The van der Waals surface area contributed by atoms with Gasteiger partial charge in [-0.15, -0.1) is 0 Å². The lowest BCUT2D eigenvalue weighted by Crippen LogP contribution is -2.21. The maximum absolute atomic E-state index is 5.51. The fraction of sp³-hybridized carbons (Fsp3) is 0.600. The normalized spacial score (nSPS) is 25.5. The van der Waals surface area contributed by atoms with Gasteiger partial charge in [-0.1, -0.05) is 0 Å². The summed E-state index contributed by atoms with van der Waals surface area (Å²) < 4.78 is 6.57. The zero-order valence-electron chi connectivity index (χ0n) is 8.61. The molecule has 5 heteroatoms. The van der Waals surface area contributed by atoms with Gasteiger partial charge in [0, 0.05) is 25.3 Å². The molecule has 1 aromatic heterocycles. The molecule has 0 saturated carbocycles. The Bertz CT molecular complexity index is 334. The molecule has 0 bridgehead atoms. The summed E-state index contributed by atoms with van der Waals surface area (Å²) in [5.41, 5.74) is 0. The third-order valence-corrected chi connectivity index (χ3v) is 3.52. The molecule has 1 fully saturated rings. The standard InChI is InChI=1S/C10H14IN3O/c1-7-8(2-3-15-7)4-13-10-9(11)5-12-6-14-10/h5-8H,2-4H2,1H3,(H,12,13,14). The zero-order chi connectivity index (χ0) is 10.7. The SMILES string of the molecule is CC1OCCC1CNc1ncncc1I. The van der Waals surface area contributed by atoms with Gasteiger partial charge >= 0.3 is 0 Å². The molecular weight excluding hydrogens is 305 g/mol. The van der Waals surface area contributed by atoms with Crippen molar-refractivity contribution < 1.29 is 4.74 Å². The summed E-state index contributed by atoms with van der Waals surface area (Å²) in [4.78, 5) is 8.15. The molecule has 1 aliphatic rings. The van der Waals surface area contributed by atoms with Gasteiger partial charge in [-0.2, -0.15) is 0 Å². The molecule has 2 unspecified atom stereocenters. The Hall–Kier alpha value is -0.430. The van der Waals surface area contributed by atoms with Crippen molar-refractivity contribution in [2.45, 2.75) is 19.4 Å². The third-order valence-electron chi connectivity index (χ3n) is 2.73. The molecule has 0 aliphatic carbocycles. The van der Waals surface area contributed by atoms with Gasteiger partial charge in [0.2, 0.25) is 0 Å². The Labute approximate surface area is 103 Å². The summed E-state index contributed by atoms with van der Waals surface area (Å²) in [6.45, 7) is 3.94. The molecule has 1 N–H and O–H groups in total. The topological polar surface area (TPSA) is 47.0 Å². The van der Waals surface area contributed by atoms with E-state index in [1.807, 2.05) is 6.20 Å². The smallest absolute Gasteiger partial charge is 0.142 e. The lowest BCUT2D eigenvalue weighted by atomic mass is 10.0. The minimum atomic E-state index is 0.358. The first-order chi connectivity index (χ1) is 7.27. The summed E-state index contributed by atoms with van der Waals surface area (Å²) >= 11 is 2.23. The molecule has 82 valence electrons. The Morgan fingerprint density at radius 2 is 2.53 bits per heavy atom. The van der Waals surface area contributed by atoms with Crippen LogP contribution in [-0.4, -0.2) is 29.2 Å². The number of rotatable bonds is 3. The van der Waals surface area contributed by atoms with E-state index in [0.717, 1.165) is 29.0 Å². The second kappa shape index (κ2) is 5.07. The average Bonchev–Trinajstić information content (AvgIpc) is 2.63. The number of ether oxygens (including phenoxy) is 1. The van der Waals surface area contributed by atoms with Crippen LogP contribution in [0.4, 0.5) is 5.82 Å². The highest BCUT2D eigenvalue weighted by molar-refractivity contribution is 14.1. The number of aromatic nitrogens is 2. The average molecular weight is 319 g/mol. The van der Waals surface area contributed by atoms with E-state index in [-0.39, 0.29) is 0 Å². The highest BCUT2D eigenvalue weighted by Crippen LogP contribution is 2.21. The largest absolute Gasteiger partial charge is 0.378 e. The fourth-order valence-electron chi connectivity index (χ4n) is 1.71. The van der Waals surface area contributed by atoms with E-state index in [4.69, 9.17) is 4.74 Å². The first kappa shape index (κ1) is 11.1. The van der Waals surface area contributed by atoms with Crippen molar-refractivity contribution in [1.29, 1.82) is 0 Å². The molecule has 2 atom stereocenters. The zero-order valence-corrected chi connectivity index (χ0v) is 10.8. The van der Waals surface area contributed by atoms with E-state index in [1.165, 1.54) is 0 Å². The fourth-order valence-corrected chi connectivity index (χ4v) is 2.21. The summed E-state index contributed by atoms with van der Waals surface area (Å²) in [6.07, 6.45) is 4.87. The Balaban J connectivity index is 1.90. The summed E-state index contributed by atoms with van der Waals surface area (Å²) in [5, 5.41) is 3.35. The summed E-state index contributed by atoms with van der Waals surface area (Å²) in [7, 11) is 0. The molecule has 2 rings (SSSR count). The van der Waals surface area contributed by atoms with Gasteiger partial charge in [-0.25, -0.2) is 9.97 Å². The van der Waals surface area contributed by atoms with E-state index in [9.17, 15) is 0 Å². The van der Waals surface area contributed by atoms with Crippen LogP contribution in [0.2, 0.25) is 0 Å². The number of nitrogens with zero attached hydrogens (tertiary/aromatic N) is 2. The molecule has 0 spiro atoms. The first-order valence-corrected chi connectivity index (χ1v) is 6.16. The number of anilines is 1. The van der Waals surface area contributed by atoms with Crippen LogP contribution in [0.3, 0.4) is 0 Å². The molecule has 15 heavy (non-hydrogen) atoms. The maximum Gasteiger partial charge on any atom is 0.142 e. The Morgan fingerprint density at radius 1 is 1.67 bits per heavy atom. The van der Waals surface area contributed by atoms with E-state index in [0.29, 0.717) is 12.0 Å². The maximum atomic E-state index is 5.51. The molecule has 0 amide bonds. The lowest BCUT2D eigenvalue weighted by molar-refractivity contribution is 0.108. The van der Waals surface area contributed by atoms with E-state index < -0.39 is 0 Å². The van der Waals surface area contributed by atoms with Crippen LogP contribution >= 0.6 is 22.6 Å². The van der Waals surface area contributed by atoms with Crippen molar-refractivity contribution in [3.05, 3.63) is 16.1 Å². The Morgan fingerprint density at radius 3 is 3.20 bits per heavy atom. The minimum Gasteiger partial charge on any atom is -0.378 e. The van der Waals surface area contributed by atoms with E-state index >= 15 is 0 Å². The second-order valence-electron chi connectivity index (χ2n) is 3.72. The van der Waals surface area contributed by atoms with Crippen molar-refractivity contribution >= 4 is 28.4 Å². The van der Waals surface area contributed by atoms with Crippen LogP contribution in [0.25, 0.3) is 0 Å². The highest BCUT2D eigenvalue weighted by Gasteiger charge is 2.23. The van der Waals surface area contributed by atoms with Crippen molar-refractivity contribution in [3.8, 4) is 0 Å². The molecule has 4 nitrogen and oxygen atoms in total. The van der Waals surface area contributed by atoms with Gasteiger partial charge < -0.3 is 10.1 Å². The van der Waals surface area contributed by atoms with Gasteiger partial charge in [0.1, 0.15) is 12.1 Å². The van der Waals surface area contributed by atoms with Gasteiger partial charge in [-0.05, 0) is 35.9 Å². The number of halogens is 1. The molecule has 1 aromatic rings. The number of hydrogen-bond acceptors (Lipinski definition) is 4. The van der Waals surface area contributed by atoms with Crippen LogP contribution in [0.5, 0.6) is 0 Å². The molecular formula is C10H14IN3O. The number of nitrogens with one attached hydrogen (secondary N) is 1. The van der Waals surface area contributed by atoms with Crippen LogP contribution < -0.4 is 5.32 Å². The number of hydrogen-bond donors (Lipinski definition) is 1. The molecule has 0 aromatic carbocycles. The van der Waals surface area contributed by atoms with Crippen molar-refractivity contribution in [2.75, 3.05) is 18.5 Å². The predicted octanol–water partition coefficient (Wildman–Crippen LogP) is 1.92. The van der Waals surface area contributed by atoms with Gasteiger partial charge in [0.25, 0.3) is 0 Å². The summed E-state index contributed by atoms with van der Waals surface area (Å²) in [6, 6.07) is 0. The highest BCUT2D eigenvalue weighted by atomic mass is 127. The van der Waals surface area contributed by atoms with Gasteiger partial charge in [0.15, 0.2) is 0 Å². The van der Waals surface area contributed by atoms with Crippen molar-refractivity contribution in [2.24, 2.45) is 5.92 Å².